The van der Waals surface area contributed by atoms with Gasteiger partial charge in [0.2, 0.25) is 0 Å². The van der Waals surface area contributed by atoms with E-state index in [-0.39, 0.29) is 0 Å². The van der Waals surface area contributed by atoms with Crippen LogP contribution in [0.1, 0.15) is 38.4 Å². The number of pyridine rings is 2. The number of nitrogens with one attached hydrogen (secondary N) is 1. The Morgan fingerprint density at radius 2 is 1.51 bits per heavy atom. The molecule has 11 heteroatoms. The summed E-state index contributed by atoms with van der Waals surface area (Å²) in [5.41, 5.74) is 8.28. The molecule has 0 radical (unpaired) electrons. The van der Waals surface area contributed by atoms with Gasteiger partial charge in [-0.15, -0.1) is 0 Å². The summed E-state index contributed by atoms with van der Waals surface area (Å²) >= 11 is 0. The van der Waals surface area contributed by atoms with Crippen molar-refractivity contribution >= 4 is 35.8 Å². The fourth-order valence-electron chi connectivity index (χ4n) is 5.80. The van der Waals surface area contributed by atoms with Gasteiger partial charge < -0.3 is 15.8 Å². The highest BCUT2D eigenvalue weighted by Gasteiger charge is 2.49. The second kappa shape index (κ2) is 12.2. The van der Waals surface area contributed by atoms with Crippen LogP contribution in [0.3, 0.4) is 0 Å². The largest absolute Gasteiger partial charge is 0.424 e. The Labute approximate surface area is 260 Å². The van der Waals surface area contributed by atoms with Gasteiger partial charge in [0.05, 0.1) is 36.0 Å². The van der Waals surface area contributed by atoms with Crippen molar-refractivity contribution in [1.82, 2.24) is 24.3 Å². The fraction of sp³-hybridized carbons (Fsp3) is 0.176. The van der Waals surface area contributed by atoms with E-state index in [1.807, 2.05) is 60.7 Å². The van der Waals surface area contributed by atoms with Crippen LogP contribution in [0.5, 0.6) is 0 Å². The molecule has 0 saturated heterocycles. The lowest BCUT2D eigenvalue weighted by atomic mass is 9.99. The third-order valence-corrected chi connectivity index (χ3v) is 12.9. The van der Waals surface area contributed by atoms with Crippen molar-refractivity contribution in [1.29, 1.82) is 0 Å². The van der Waals surface area contributed by atoms with E-state index >= 15 is 0 Å². The van der Waals surface area contributed by atoms with Crippen molar-refractivity contribution in [3.05, 3.63) is 127 Å². The predicted octanol–water partition coefficient (Wildman–Crippen LogP) is 5.51. The molecule has 0 fully saturated rings. The van der Waals surface area contributed by atoms with Gasteiger partial charge in [0.15, 0.2) is 11.6 Å². The second-order valence-electron chi connectivity index (χ2n) is 11.7. The fourth-order valence-corrected chi connectivity index (χ4v) is 9.55. The van der Waals surface area contributed by atoms with Crippen LogP contribution in [-0.2, 0) is 0 Å². The molecule has 0 unspecified atom stereocenters. The molecule has 0 aliphatic heterocycles. The van der Waals surface area contributed by atoms with E-state index in [2.05, 4.69) is 34.1 Å². The number of aromatic nitrogens is 5. The summed E-state index contributed by atoms with van der Waals surface area (Å²) in [7, 11) is -3.28. The average molecular weight is 622 g/mol. The molecule has 0 aliphatic rings. The Morgan fingerprint density at radius 1 is 0.844 bits per heavy atom. The van der Waals surface area contributed by atoms with Crippen LogP contribution >= 0.6 is 0 Å². The van der Waals surface area contributed by atoms with Gasteiger partial charge in [0.1, 0.15) is 23.0 Å². The summed E-state index contributed by atoms with van der Waals surface area (Å²) in [6.07, 6.45) is 6.65. The van der Waals surface area contributed by atoms with Crippen molar-refractivity contribution < 1.29 is 13.6 Å². The molecule has 8 nitrogen and oxygen atoms in total. The van der Waals surface area contributed by atoms with Crippen molar-refractivity contribution in [3.63, 3.8) is 0 Å². The summed E-state index contributed by atoms with van der Waals surface area (Å²) in [5, 5.41) is 4.71. The molecule has 0 bridgehead atoms. The molecule has 4 heterocycles. The van der Waals surface area contributed by atoms with Crippen molar-refractivity contribution in [2.75, 3.05) is 11.1 Å². The van der Waals surface area contributed by atoms with Crippen LogP contribution < -0.4 is 21.4 Å². The lowest BCUT2D eigenvalue weighted by Crippen LogP contribution is -2.65. The second-order valence-corrected chi connectivity index (χ2v) is 15.6. The number of hydrogen-bond donors (Lipinski definition) is 3. The summed E-state index contributed by atoms with van der Waals surface area (Å²) in [4.78, 5) is 30.5. The van der Waals surface area contributed by atoms with E-state index in [1.165, 1.54) is 30.7 Å². The van der Waals surface area contributed by atoms with Crippen LogP contribution in [-0.4, -0.2) is 37.4 Å². The van der Waals surface area contributed by atoms with Gasteiger partial charge in [-0.05, 0) is 52.5 Å². The molecule has 0 saturated carbocycles. The Morgan fingerprint density at radius 3 is 2.16 bits per heavy atom. The first kappa shape index (κ1) is 30.0. The van der Waals surface area contributed by atoms with Crippen molar-refractivity contribution in [2.45, 2.75) is 37.8 Å². The molecule has 1 atom stereocenters. The summed E-state index contributed by atoms with van der Waals surface area (Å²) in [5.74, 6) is -0.226. The van der Waals surface area contributed by atoms with Gasteiger partial charge in [-0.1, -0.05) is 74.5 Å². The Hall–Kier alpha value is -5.00. The lowest BCUT2D eigenvalue weighted by molar-refractivity contribution is 0.444. The minimum Gasteiger partial charge on any atom is -0.424 e. The zero-order valence-corrected chi connectivity index (χ0v) is 25.9. The molecule has 4 N–H and O–H groups in total. The predicted molar refractivity (Wildman–Crippen MR) is 175 cm³/mol. The third-order valence-electron chi connectivity index (χ3n) is 8.35. The zero-order valence-electron chi connectivity index (χ0n) is 24.9. The van der Waals surface area contributed by atoms with Crippen LogP contribution in [0.25, 0.3) is 17.2 Å². The minimum absolute atomic E-state index is 0.296. The van der Waals surface area contributed by atoms with Gasteiger partial charge in [-0.3, -0.25) is 9.38 Å². The monoisotopic (exact) mass is 621 g/mol. The maximum Gasteiger partial charge on any atom is 0.258 e. The molecule has 0 amide bonds. The zero-order chi connectivity index (χ0) is 31.6. The SMILES string of the molecule is CC(C)(CC[C@@H](Nc1nc(-c2cnc3ccc(F)cn23)ncc1N)c1ccc(F)cn1)[Si](O)(c1ccccc1)c1ccccc1. The quantitative estimate of drug-likeness (QED) is 0.173. The number of nitrogens with zero attached hydrogens (tertiary/aromatic N) is 5. The molecule has 2 aromatic carbocycles. The van der Waals surface area contributed by atoms with Gasteiger partial charge in [-0.2, -0.15) is 0 Å². The average Bonchev–Trinajstić information content (AvgIpc) is 3.47. The van der Waals surface area contributed by atoms with Gasteiger partial charge >= 0.3 is 0 Å². The number of hydrogen-bond acceptors (Lipinski definition) is 7. The van der Waals surface area contributed by atoms with E-state index in [9.17, 15) is 13.6 Å². The number of imidazole rings is 1. The van der Waals surface area contributed by atoms with E-state index in [1.54, 1.807) is 22.7 Å². The van der Waals surface area contributed by atoms with Crippen LogP contribution in [0.2, 0.25) is 5.04 Å². The number of fused-ring (bicyclic) bond motifs is 1. The topological polar surface area (TPSA) is 114 Å². The maximum absolute atomic E-state index is 14.1. The molecule has 228 valence electrons. The van der Waals surface area contributed by atoms with Crippen LogP contribution in [0.4, 0.5) is 20.3 Å². The minimum atomic E-state index is -3.28. The first-order chi connectivity index (χ1) is 21.7. The van der Waals surface area contributed by atoms with Gasteiger partial charge in [0.25, 0.3) is 8.32 Å². The van der Waals surface area contributed by atoms with E-state index in [0.29, 0.717) is 47.2 Å². The smallest absolute Gasteiger partial charge is 0.258 e. The van der Waals surface area contributed by atoms with E-state index in [4.69, 9.17) is 10.7 Å². The summed E-state index contributed by atoms with van der Waals surface area (Å²) < 4.78 is 29.6. The summed E-state index contributed by atoms with van der Waals surface area (Å²) in [6, 6.07) is 25.1. The molecule has 6 aromatic rings. The highest BCUT2D eigenvalue weighted by Crippen LogP contribution is 2.42. The first-order valence-corrected chi connectivity index (χ1v) is 16.6. The van der Waals surface area contributed by atoms with Crippen molar-refractivity contribution in [2.24, 2.45) is 0 Å². The standard InChI is InChI=1S/C34H33F2N7OSi/c1-34(2,45(44,25-9-5-3-6-10-25)26-11-7-4-8-12-26)18-17-29(28-15-13-23(35)19-38-28)41-32-27(37)20-40-33(42-32)30-21-39-31-16-14-24(36)22-43(30)31/h3-16,19-22,29,44H,17-18,37H2,1-2H3,(H,40,41,42)/t29-/m1/s1. The van der Waals surface area contributed by atoms with Crippen LogP contribution in [0, 0.1) is 11.6 Å². The third kappa shape index (κ3) is 5.91. The Bertz CT molecular complexity index is 1880. The Kier molecular flexibility index (Phi) is 8.13. The molecule has 4 aromatic heterocycles. The molecule has 0 aliphatic carbocycles. The highest BCUT2D eigenvalue weighted by atomic mass is 28.4. The first-order valence-electron chi connectivity index (χ1n) is 14.6. The number of nitrogens with two attached hydrogens (primary N) is 1. The number of anilines is 2. The molecule has 45 heavy (non-hydrogen) atoms. The lowest BCUT2D eigenvalue weighted by Gasteiger charge is -2.42. The number of benzene rings is 2. The molecule has 6 rings (SSSR count). The number of halogens is 2. The molecular formula is C34H33F2N7OSi. The highest BCUT2D eigenvalue weighted by molar-refractivity contribution is 6.98. The normalized spacial score (nSPS) is 12.7. The van der Waals surface area contributed by atoms with Gasteiger partial charge in [0, 0.05) is 6.20 Å². The number of nitrogen functional groups attached to an aromatic ring is 1. The van der Waals surface area contributed by atoms with Crippen molar-refractivity contribution in [3.8, 4) is 11.5 Å². The molecule has 0 spiro atoms. The Balaban J connectivity index is 1.35. The van der Waals surface area contributed by atoms with E-state index in [0.717, 1.165) is 10.4 Å². The maximum atomic E-state index is 14.1. The molecular weight excluding hydrogens is 589 g/mol. The number of rotatable bonds is 10. The van der Waals surface area contributed by atoms with Gasteiger partial charge in [-0.25, -0.2) is 23.7 Å². The van der Waals surface area contributed by atoms with Crippen LogP contribution in [0.15, 0.2) is 110 Å². The van der Waals surface area contributed by atoms with E-state index < -0.39 is 31.0 Å². The summed E-state index contributed by atoms with van der Waals surface area (Å²) in [6.45, 7) is 4.19.